The number of carbonyl (C=O) groups excluding carboxylic acids is 2. The minimum absolute atomic E-state index is 0.0158. The lowest BCUT2D eigenvalue weighted by Gasteiger charge is -2.19. The molecule has 0 aromatic carbocycles. The largest absolute Gasteiger partial charge is 0.472 e. The normalized spacial score (nSPS) is 14.3. The SMILES string of the molecule is CC/C=C\C/C=C\C/C=C\C/C=C\C/C=C\C/C=C\CCC(=O)OC(COC(=O)CCCCCCCCCCCC)COP(=O)(O)OCC. The van der Waals surface area contributed by atoms with E-state index in [0.717, 1.165) is 57.8 Å². The van der Waals surface area contributed by atoms with Crippen LogP contribution in [0, 0.1) is 0 Å². The van der Waals surface area contributed by atoms with Crippen molar-refractivity contribution in [1.82, 2.24) is 0 Å². The first-order chi connectivity index (χ1) is 23.8. The van der Waals surface area contributed by atoms with Crippen LogP contribution in [0.15, 0.2) is 72.9 Å². The Morgan fingerprint density at radius 3 is 1.53 bits per heavy atom. The maximum Gasteiger partial charge on any atom is 0.472 e. The molecule has 1 N–H and O–H groups in total. The standard InChI is InChI=1S/C40H67O8P/c1-4-7-9-11-13-15-17-18-19-20-21-22-23-24-25-27-29-31-33-35-40(42)48-38(37-47-49(43,44)46-6-3)36-45-39(41)34-32-30-28-26-16-14-12-10-8-5-2/h7,9,13,15,18-19,21-22,24-25,29,31,38H,4-6,8,10-12,14,16-17,20,23,26-28,30,32-37H2,1-3H3,(H,43,44)/b9-7-,15-13-,19-18-,22-21-,25-24-,31-29-. The van der Waals surface area contributed by atoms with Crippen molar-refractivity contribution in [2.24, 2.45) is 0 Å². The van der Waals surface area contributed by atoms with Crippen LogP contribution in [0.5, 0.6) is 0 Å². The lowest BCUT2D eigenvalue weighted by Crippen LogP contribution is -2.29. The van der Waals surface area contributed by atoms with Crippen molar-refractivity contribution in [2.75, 3.05) is 19.8 Å². The van der Waals surface area contributed by atoms with Crippen molar-refractivity contribution in [3.05, 3.63) is 72.9 Å². The van der Waals surface area contributed by atoms with E-state index in [1.807, 2.05) is 12.2 Å². The molecular formula is C40H67O8P. The molecule has 0 amide bonds. The first-order valence-electron chi connectivity index (χ1n) is 18.7. The van der Waals surface area contributed by atoms with Crippen molar-refractivity contribution in [1.29, 1.82) is 0 Å². The van der Waals surface area contributed by atoms with Gasteiger partial charge >= 0.3 is 19.8 Å². The van der Waals surface area contributed by atoms with Gasteiger partial charge in [0.1, 0.15) is 6.61 Å². The van der Waals surface area contributed by atoms with Gasteiger partial charge in [-0.3, -0.25) is 18.6 Å². The summed E-state index contributed by atoms with van der Waals surface area (Å²) in [6.07, 6.45) is 42.6. The third kappa shape index (κ3) is 35.1. The molecule has 49 heavy (non-hydrogen) atoms. The molecule has 9 heteroatoms. The van der Waals surface area contributed by atoms with Gasteiger partial charge in [-0.05, 0) is 58.3 Å². The Labute approximate surface area is 298 Å². The summed E-state index contributed by atoms with van der Waals surface area (Å²) in [5, 5.41) is 0. The molecule has 0 spiro atoms. The van der Waals surface area contributed by atoms with Gasteiger partial charge < -0.3 is 14.4 Å². The molecule has 0 bridgehead atoms. The third-order valence-corrected chi connectivity index (χ3v) is 8.35. The molecule has 0 saturated carbocycles. The number of ether oxygens (including phenoxy) is 2. The zero-order valence-corrected chi connectivity index (χ0v) is 31.7. The Morgan fingerprint density at radius 2 is 1.04 bits per heavy atom. The number of unbranched alkanes of at least 4 members (excludes halogenated alkanes) is 9. The smallest absolute Gasteiger partial charge is 0.462 e. The zero-order chi connectivity index (χ0) is 36.1. The Balaban J connectivity index is 4.31. The summed E-state index contributed by atoms with van der Waals surface area (Å²) in [5.41, 5.74) is 0. The van der Waals surface area contributed by atoms with Crippen molar-refractivity contribution in [3.63, 3.8) is 0 Å². The molecule has 0 rings (SSSR count). The van der Waals surface area contributed by atoms with E-state index >= 15 is 0 Å². The van der Waals surface area contributed by atoms with Crippen LogP contribution in [0.2, 0.25) is 0 Å². The summed E-state index contributed by atoms with van der Waals surface area (Å²) in [4.78, 5) is 34.5. The fourth-order valence-electron chi connectivity index (χ4n) is 4.59. The monoisotopic (exact) mass is 706 g/mol. The zero-order valence-electron chi connectivity index (χ0n) is 30.8. The van der Waals surface area contributed by atoms with Gasteiger partial charge in [-0.15, -0.1) is 0 Å². The Hall–Kier alpha value is -2.51. The van der Waals surface area contributed by atoms with Gasteiger partial charge in [0, 0.05) is 12.8 Å². The van der Waals surface area contributed by atoms with Gasteiger partial charge in [0.15, 0.2) is 6.10 Å². The van der Waals surface area contributed by atoms with Crippen LogP contribution in [-0.2, 0) is 32.7 Å². The maximum atomic E-state index is 12.5. The number of rotatable bonds is 33. The number of esters is 2. The highest BCUT2D eigenvalue weighted by Crippen LogP contribution is 2.43. The molecule has 2 unspecified atom stereocenters. The summed E-state index contributed by atoms with van der Waals surface area (Å²) in [6.45, 7) is 5.22. The second-order valence-electron chi connectivity index (χ2n) is 11.9. The molecule has 0 saturated heterocycles. The van der Waals surface area contributed by atoms with Crippen LogP contribution in [0.25, 0.3) is 0 Å². The topological polar surface area (TPSA) is 108 Å². The highest BCUT2D eigenvalue weighted by molar-refractivity contribution is 7.47. The lowest BCUT2D eigenvalue weighted by molar-refractivity contribution is -0.161. The van der Waals surface area contributed by atoms with Gasteiger partial charge in [-0.2, -0.15) is 0 Å². The molecule has 0 aliphatic carbocycles. The highest BCUT2D eigenvalue weighted by atomic mass is 31.2. The van der Waals surface area contributed by atoms with Gasteiger partial charge in [0.25, 0.3) is 0 Å². The number of phosphoric acid groups is 1. The van der Waals surface area contributed by atoms with Crippen LogP contribution >= 0.6 is 7.82 Å². The average molecular weight is 707 g/mol. The number of phosphoric ester groups is 1. The van der Waals surface area contributed by atoms with E-state index in [9.17, 15) is 19.0 Å². The van der Waals surface area contributed by atoms with E-state index < -0.39 is 32.5 Å². The van der Waals surface area contributed by atoms with Crippen LogP contribution in [0.1, 0.15) is 143 Å². The van der Waals surface area contributed by atoms with Gasteiger partial charge in [0.05, 0.1) is 13.2 Å². The van der Waals surface area contributed by atoms with E-state index in [-0.39, 0.29) is 26.1 Å². The van der Waals surface area contributed by atoms with E-state index in [1.165, 1.54) is 44.9 Å². The first-order valence-corrected chi connectivity index (χ1v) is 20.2. The third-order valence-electron chi connectivity index (χ3n) is 7.29. The van der Waals surface area contributed by atoms with E-state index in [4.69, 9.17) is 18.5 Å². The number of carbonyl (C=O) groups is 2. The summed E-state index contributed by atoms with van der Waals surface area (Å²) in [6, 6.07) is 0. The van der Waals surface area contributed by atoms with E-state index in [0.29, 0.717) is 6.42 Å². The second kappa shape index (κ2) is 35.3. The molecule has 0 radical (unpaired) electrons. The summed E-state index contributed by atoms with van der Waals surface area (Å²) >= 11 is 0. The fraction of sp³-hybridized carbons (Fsp3) is 0.650. The first kappa shape index (κ1) is 46.5. The van der Waals surface area contributed by atoms with Gasteiger partial charge in [-0.1, -0.05) is 145 Å². The highest BCUT2D eigenvalue weighted by Gasteiger charge is 2.25. The number of allylic oxidation sites excluding steroid dienone is 12. The average Bonchev–Trinajstić information content (AvgIpc) is 3.07. The van der Waals surface area contributed by atoms with Crippen LogP contribution < -0.4 is 0 Å². The van der Waals surface area contributed by atoms with Gasteiger partial charge in [0.2, 0.25) is 0 Å². The summed E-state index contributed by atoms with van der Waals surface area (Å²) < 4.78 is 32.4. The van der Waals surface area contributed by atoms with Crippen molar-refractivity contribution in [3.8, 4) is 0 Å². The van der Waals surface area contributed by atoms with Crippen LogP contribution in [0.3, 0.4) is 0 Å². The Kier molecular flexibility index (Phi) is 33.5. The van der Waals surface area contributed by atoms with Crippen LogP contribution in [0.4, 0.5) is 0 Å². The maximum absolute atomic E-state index is 12.5. The fourth-order valence-corrected chi connectivity index (χ4v) is 5.35. The molecule has 8 nitrogen and oxygen atoms in total. The van der Waals surface area contributed by atoms with Crippen molar-refractivity contribution >= 4 is 19.8 Å². The van der Waals surface area contributed by atoms with Crippen molar-refractivity contribution < 1.29 is 37.6 Å². The van der Waals surface area contributed by atoms with E-state index in [2.05, 4.69) is 74.6 Å². The minimum Gasteiger partial charge on any atom is -0.462 e. The predicted molar refractivity (Wildman–Crippen MR) is 202 cm³/mol. The quantitative estimate of drug-likeness (QED) is 0.0311. The number of hydrogen-bond donors (Lipinski definition) is 1. The molecule has 0 fully saturated rings. The lowest BCUT2D eigenvalue weighted by atomic mass is 10.1. The minimum atomic E-state index is -4.29. The second-order valence-corrected chi connectivity index (χ2v) is 13.3. The van der Waals surface area contributed by atoms with E-state index in [1.54, 1.807) is 6.92 Å². The number of hydrogen-bond acceptors (Lipinski definition) is 7. The molecule has 2 atom stereocenters. The molecular weight excluding hydrogens is 639 g/mol. The summed E-state index contributed by atoms with van der Waals surface area (Å²) in [5.74, 6) is -0.904. The molecule has 0 aromatic rings. The van der Waals surface area contributed by atoms with Gasteiger partial charge in [-0.25, -0.2) is 4.57 Å². The molecule has 280 valence electrons. The Bertz CT molecular complexity index is 1030. The predicted octanol–water partition coefficient (Wildman–Crippen LogP) is 11.4. The summed E-state index contributed by atoms with van der Waals surface area (Å²) in [7, 11) is -4.29. The molecule has 0 aromatic heterocycles. The van der Waals surface area contributed by atoms with Crippen molar-refractivity contribution in [2.45, 2.75) is 149 Å². The van der Waals surface area contributed by atoms with Crippen LogP contribution in [-0.4, -0.2) is 42.8 Å². The Morgan fingerprint density at radius 1 is 0.571 bits per heavy atom. The molecule has 0 heterocycles. The molecule has 0 aliphatic rings. The molecule has 0 aliphatic heterocycles.